The highest BCUT2D eigenvalue weighted by molar-refractivity contribution is 5.94. The fraction of sp³-hybridized carbons (Fsp3) is 0.417. The van der Waals surface area contributed by atoms with Gasteiger partial charge in [-0.05, 0) is 55.6 Å². The summed E-state index contributed by atoms with van der Waals surface area (Å²) in [6.45, 7) is 1.04. The average molecular weight is 430 g/mol. The van der Waals surface area contributed by atoms with Crippen LogP contribution < -0.4 is 11.1 Å². The van der Waals surface area contributed by atoms with Gasteiger partial charge in [0.25, 0.3) is 5.91 Å². The Balaban J connectivity index is 1.66. The van der Waals surface area contributed by atoms with Crippen LogP contribution in [0.5, 0.6) is 0 Å². The fourth-order valence-electron chi connectivity index (χ4n) is 3.92. The number of benzene rings is 2. The summed E-state index contributed by atoms with van der Waals surface area (Å²) in [7, 11) is 0. The minimum absolute atomic E-state index is 0.0362. The number of anilines is 1. The Morgan fingerprint density at radius 3 is 2.26 bits per heavy atom. The van der Waals surface area contributed by atoms with Gasteiger partial charge >= 0.3 is 0 Å². The predicted octanol–water partition coefficient (Wildman–Crippen LogP) is 4.47. The van der Waals surface area contributed by atoms with Crippen molar-refractivity contribution in [2.45, 2.75) is 45.1 Å². The van der Waals surface area contributed by atoms with E-state index >= 15 is 0 Å². The molecule has 166 valence electrons. The number of nitrogens with one attached hydrogen (secondary N) is 1. The molecule has 0 atom stereocenters. The highest BCUT2D eigenvalue weighted by Gasteiger charge is 2.21. The van der Waals surface area contributed by atoms with Crippen LogP contribution in [0.4, 0.5) is 14.5 Å². The van der Waals surface area contributed by atoms with Gasteiger partial charge in [0, 0.05) is 36.3 Å². The van der Waals surface area contributed by atoms with E-state index < -0.39 is 17.5 Å². The molecule has 5 nitrogen and oxygen atoms in total. The van der Waals surface area contributed by atoms with E-state index in [2.05, 4.69) is 5.32 Å². The Kier molecular flexibility index (Phi) is 8.12. The molecule has 1 aliphatic carbocycles. The molecule has 0 heterocycles. The van der Waals surface area contributed by atoms with Crippen LogP contribution in [-0.4, -0.2) is 29.8 Å². The van der Waals surface area contributed by atoms with Gasteiger partial charge in [-0.1, -0.05) is 31.4 Å². The second-order valence-electron chi connectivity index (χ2n) is 8.05. The predicted molar refractivity (Wildman–Crippen MR) is 116 cm³/mol. The minimum atomic E-state index is -0.791. The van der Waals surface area contributed by atoms with Crippen LogP contribution in [0.2, 0.25) is 0 Å². The van der Waals surface area contributed by atoms with E-state index in [0.717, 1.165) is 49.4 Å². The topological polar surface area (TPSA) is 75.4 Å². The molecule has 1 saturated carbocycles. The van der Waals surface area contributed by atoms with Crippen molar-refractivity contribution in [3.8, 4) is 0 Å². The smallest absolute Gasteiger partial charge is 0.254 e. The molecule has 3 rings (SSSR count). The summed E-state index contributed by atoms with van der Waals surface area (Å²) in [5.41, 5.74) is 7.11. The van der Waals surface area contributed by atoms with Gasteiger partial charge in [-0.3, -0.25) is 9.59 Å². The SMILES string of the molecule is NCCCN(Cc1ccc(NC(=O)C2CCCCC2)cc1)C(=O)c1cc(F)cc(F)c1. The second kappa shape index (κ2) is 11.0. The molecule has 1 aliphatic rings. The minimum Gasteiger partial charge on any atom is -0.334 e. The van der Waals surface area contributed by atoms with Crippen molar-refractivity contribution >= 4 is 17.5 Å². The maximum atomic E-state index is 13.5. The second-order valence-corrected chi connectivity index (χ2v) is 8.05. The van der Waals surface area contributed by atoms with E-state index in [0.29, 0.717) is 25.2 Å². The molecule has 0 saturated heterocycles. The first-order valence-corrected chi connectivity index (χ1v) is 10.8. The summed E-state index contributed by atoms with van der Waals surface area (Å²) in [6, 6.07) is 10.1. The number of hydrogen-bond acceptors (Lipinski definition) is 3. The zero-order valence-corrected chi connectivity index (χ0v) is 17.6. The summed E-state index contributed by atoms with van der Waals surface area (Å²) in [4.78, 5) is 26.8. The van der Waals surface area contributed by atoms with Crippen molar-refractivity contribution in [1.29, 1.82) is 0 Å². The van der Waals surface area contributed by atoms with Gasteiger partial charge in [-0.2, -0.15) is 0 Å². The van der Waals surface area contributed by atoms with Gasteiger partial charge in [0.2, 0.25) is 5.91 Å². The van der Waals surface area contributed by atoms with Gasteiger partial charge in [0.1, 0.15) is 11.6 Å². The lowest BCUT2D eigenvalue weighted by Crippen LogP contribution is -2.32. The van der Waals surface area contributed by atoms with Gasteiger partial charge in [-0.25, -0.2) is 8.78 Å². The lowest BCUT2D eigenvalue weighted by Gasteiger charge is -2.23. The van der Waals surface area contributed by atoms with E-state index in [-0.39, 0.29) is 23.9 Å². The first kappa shape index (κ1) is 22.9. The van der Waals surface area contributed by atoms with Crippen molar-refractivity contribution < 1.29 is 18.4 Å². The highest BCUT2D eigenvalue weighted by Crippen LogP contribution is 2.25. The largest absolute Gasteiger partial charge is 0.334 e. The van der Waals surface area contributed by atoms with Gasteiger partial charge < -0.3 is 16.0 Å². The molecule has 0 aliphatic heterocycles. The lowest BCUT2D eigenvalue weighted by molar-refractivity contribution is -0.120. The number of carbonyl (C=O) groups is 2. The average Bonchev–Trinajstić information content (AvgIpc) is 2.77. The molecule has 2 aromatic rings. The number of nitrogens with zero attached hydrogens (tertiary/aromatic N) is 1. The van der Waals surface area contributed by atoms with E-state index in [4.69, 9.17) is 5.73 Å². The first-order valence-electron chi connectivity index (χ1n) is 10.8. The highest BCUT2D eigenvalue weighted by atomic mass is 19.1. The molecular weight excluding hydrogens is 400 g/mol. The quantitative estimate of drug-likeness (QED) is 0.650. The Morgan fingerprint density at radius 2 is 1.65 bits per heavy atom. The first-order chi connectivity index (χ1) is 15.0. The van der Waals surface area contributed by atoms with Gasteiger partial charge in [-0.15, -0.1) is 0 Å². The van der Waals surface area contributed by atoms with Crippen LogP contribution in [0, 0.1) is 17.6 Å². The molecular formula is C24H29F2N3O2. The molecule has 0 radical (unpaired) electrons. The molecule has 31 heavy (non-hydrogen) atoms. The van der Waals surface area contributed by atoms with E-state index in [9.17, 15) is 18.4 Å². The third-order valence-electron chi connectivity index (χ3n) is 5.60. The molecule has 2 aromatic carbocycles. The Hall–Kier alpha value is -2.80. The standard InChI is InChI=1S/C24H29F2N3O2/c25-20-13-19(14-21(26)15-20)24(31)29(12-4-11-27)16-17-7-9-22(10-8-17)28-23(30)18-5-2-1-3-6-18/h7-10,13-15,18H,1-6,11-12,16,27H2,(H,28,30). The summed E-state index contributed by atoms with van der Waals surface area (Å²) in [6.07, 6.45) is 5.82. The molecule has 0 unspecified atom stereocenters. The van der Waals surface area contributed by atoms with Crippen LogP contribution >= 0.6 is 0 Å². The van der Waals surface area contributed by atoms with Crippen molar-refractivity contribution in [3.05, 3.63) is 65.2 Å². The van der Waals surface area contributed by atoms with E-state index in [1.54, 1.807) is 0 Å². The van der Waals surface area contributed by atoms with E-state index in [1.807, 2.05) is 24.3 Å². The lowest BCUT2D eigenvalue weighted by atomic mass is 9.88. The molecule has 2 amide bonds. The molecule has 3 N–H and O–H groups in total. The van der Waals surface area contributed by atoms with Crippen LogP contribution in [0.25, 0.3) is 0 Å². The van der Waals surface area contributed by atoms with E-state index in [1.165, 1.54) is 11.3 Å². The number of hydrogen-bond donors (Lipinski definition) is 2. The van der Waals surface area contributed by atoms with Crippen LogP contribution in [0.3, 0.4) is 0 Å². The summed E-state index contributed by atoms with van der Waals surface area (Å²) >= 11 is 0. The zero-order chi connectivity index (χ0) is 22.2. The molecule has 0 bridgehead atoms. The Labute approximate surface area is 181 Å². The van der Waals surface area contributed by atoms with Crippen LogP contribution in [-0.2, 0) is 11.3 Å². The molecule has 0 spiro atoms. The third-order valence-corrected chi connectivity index (χ3v) is 5.60. The number of halogens is 2. The summed E-state index contributed by atoms with van der Waals surface area (Å²) in [5, 5.41) is 2.97. The van der Waals surface area contributed by atoms with Crippen molar-refractivity contribution in [1.82, 2.24) is 4.90 Å². The normalized spacial score (nSPS) is 14.3. The van der Waals surface area contributed by atoms with Crippen LogP contribution in [0.15, 0.2) is 42.5 Å². The van der Waals surface area contributed by atoms with Gasteiger partial charge in [0.05, 0.1) is 0 Å². The van der Waals surface area contributed by atoms with Crippen molar-refractivity contribution in [3.63, 3.8) is 0 Å². The maximum Gasteiger partial charge on any atom is 0.254 e. The number of carbonyl (C=O) groups excluding carboxylic acids is 2. The number of nitrogens with two attached hydrogens (primary N) is 1. The Bertz CT molecular complexity index is 876. The maximum absolute atomic E-state index is 13.5. The summed E-state index contributed by atoms with van der Waals surface area (Å²) < 4.78 is 27.1. The number of amides is 2. The van der Waals surface area contributed by atoms with Crippen molar-refractivity contribution in [2.75, 3.05) is 18.4 Å². The van der Waals surface area contributed by atoms with Crippen LogP contribution in [0.1, 0.15) is 54.4 Å². The third kappa shape index (κ3) is 6.59. The molecule has 7 heteroatoms. The van der Waals surface area contributed by atoms with Gasteiger partial charge in [0.15, 0.2) is 0 Å². The fourth-order valence-corrected chi connectivity index (χ4v) is 3.92. The summed E-state index contributed by atoms with van der Waals surface area (Å²) in [5.74, 6) is -1.91. The van der Waals surface area contributed by atoms with Crippen molar-refractivity contribution in [2.24, 2.45) is 11.7 Å². The Morgan fingerprint density at radius 1 is 1.00 bits per heavy atom. The molecule has 1 fully saturated rings. The number of rotatable bonds is 8. The molecule has 0 aromatic heterocycles. The monoisotopic (exact) mass is 429 g/mol. The zero-order valence-electron chi connectivity index (χ0n) is 17.6.